The van der Waals surface area contributed by atoms with Crippen LogP contribution in [0.5, 0.6) is 0 Å². The second-order valence-electron chi connectivity index (χ2n) is 4.59. The molecule has 0 aromatic heterocycles. The largest absolute Gasteiger partial charge is 0.375 e. The van der Waals surface area contributed by atoms with E-state index in [1.54, 1.807) is 4.31 Å². The third-order valence-electron chi connectivity index (χ3n) is 3.36. The predicted octanol–water partition coefficient (Wildman–Crippen LogP) is 0.553. The molecule has 102 valence electrons. The Kier molecular flexibility index (Phi) is 5.37. The first kappa shape index (κ1) is 14.9. The van der Waals surface area contributed by atoms with Gasteiger partial charge in [0.15, 0.2) is 0 Å². The fraction of sp³-hybridized carbons (Fsp3) is 1.00. The number of morpholine rings is 1. The number of ether oxygens (including phenoxy) is 1. The van der Waals surface area contributed by atoms with Crippen LogP contribution in [0.3, 0.4) is 0 Å². The van der Waals surface area contributed by atoms with Crippen LogP contribution in [0.2, 0.25) is 0 Å². The maximum absolute atomic E-state index is 12.5. The highest BCUT2D eigenvalue weighted by Gasteiger charge is 2.38. The van der Waals surface area contributed by atoms with Gasteiger partial charge in [-0.15, -0.1) is 0 Å². The van der Waals surface area contributed by atoms with Gasteiger partial charge in [0.25, 0.3) is 0 Å². The molecular weight excluding hydrogens is 240 g/mol. The summed E-state index contributed by atoms with van der Waals surface area (Å²) < 4.78 is 32.0. The SMILES string of the molecule is CCC1COC(C)CN1S(=O)(=O)C(CC)CN. The second-order valence-corrected chi connectivity index (χ2v) is 6.75. The molecule has 0 bridgehead atoms. The molecule has 0 radical (unpaired) electrons. The Morgan fingerprint density at radius 1 is 1.47 bits per heavy atom. The maximum Gasteiger partial charge on any atom is 0.218 e. The van der Waals surface area contributed by atoms with Crippen LogP contribution < -0.4 is 5.73 Å². The first-order valence-electron chi connectivity index (χ1n) is 6.29. The third kappa shape index (κ3) is 3.19. The molecule has 17 heavy (non-hydrogen) atoms. The minimum atomic E-state index is -3.29. The van der Waals surface area contributed by atoms with Gasteiger partial charge in [-0.2, -0.15) is 4.31 Å². The molecule has 1 aliphatic rings. The minimum Gasteiger partial charge on any atom is -0.375 e. The van der Waals surface area contributed by atoms with Gasteiger partial charge in [0, 0.05) is 19.1 Å². The van der Waals surface area contributed by atoms with Crippen LogP contribution in [0, 0.1) is 0 Å². The van der Waals surface area contributed by atoms with Crippen molar-refractivity contribution in [2.45, 2.75) is 51.0 Å². The van der Waals surface area contributed by atoms with Crippen LogP contribution in [0.15, 0.2) is 0 Å². The van der Waals surface area contributed by atoms with Crippen LogP contribution in [0.1, 0.15) is 33.6 Å². The molecule has 1 rings (SSSR count). The van der Waals surface area contributed by atoms with E-state index in [1.807, 2.05) is 20.8 Å². The molecule has 3 unspecified atom stereocenters. The Balaban J connectivity index is 2.93. The summed E-state index contributed by atoms with van der Waals surface area (Å²) in [6.07, 6.45) is 1.29. The summed E-state index contributed by atoms with van der Waals surface area (Å²) in [7, 11) is -3.29. The van der Waals surface area contributed by atoms with Crippen molar-refractivity contribution in [3.8, 4) is 0 Å². The van der Waals surface area contributed by atoms with E-state index in [0.717, 1.165) is 6.42 Å². The lowest BCUT2D eigenvalue weighted by Crippen LogP contribution is -2.54. The summed E-state index contributed by atoms with van der Waals surface area (Å²) in [5, 5.41) is -0.471. The van der Waals surface area contributed by atoms with Gasteiger partial charge in [0.05, 0.1) is 18.0 Å². The highest BCUT2D eigenvalue weighted by atomic mass is 32.2. The molecule has 0 aromatic carbocycles. The Hall–Kier alpha value is -0.170. The molecular formula is C11H24N2O3S. The average molecular weight is 264 g/mol. The van der Waals surface area contributed by atoms with Crippen molar-refractivity contribution < 1.29 is 13.2 Å². The molecule has 2 N–H and O–H groups in total. The molecule has 3 atom stereocenters. The Bertz CT molecular complexity index is 328. The smallest absolute Gasteiger partial charge is 0.218 e. The molecule has 0 spiro atoms. The summed E-state index contributed by atoms with van der Waals surface area (Å²) in [6, 6.07) is -0.0446. The van der Waals surface area contributed by atoms with Crippen molar-refractivity contribution in [2.24, 2.45) is 5.73 Å². The molecule has 6 heteroatoms. The summed E-state index contributed by atoms with van der Waals surface area (Å²) in [4.78, 5) is 0. The molecule has 1 aliphatic heterocycles. The van der Waals surface area contributed by atoms with Crippen molar-refractivity contribution in [1.29, 1.82) is 0 Å². The fourth-order valence-electron chi connectivity index (χ4n) is 2.14. The lowest BCUT2D eigenvalue weighted by molar-refractivity contribution is -0.0233. The van der Waals surface area contributed by atoms with Crippen LogP contribution in [0.4, 0.5) is 0 Å². The minimum absolute atomic E-state index is 0.0390. The number of nitrogens with two attached hydrogens (primary N) is 1. The van der Waals surface area contributed by atoms with E-state index >= 15 is 0 Å². The van der Waals surface area contributed by atoms with Gasteiger partial charge in [0.1, 0.15) is 0 Å². The highest BCUT2D eigenvalue weighted by molar-refractivity contribution is 7.89. The lowest BCUT2D eigenvalue weighted by atomic mass is 10.2. The van der Waals surface area contributed by atoms with E-state index in [2.05, 4.69) is 0 Å². The van der Waals surface area contributed by atoms with Crippen LogP contribution in [-0.2, 0) is 14.8 Å². The quantitative estimate of drug-likeness (QED) is 0.787. The molecule has 1 saturated heterocycles. The highest BCUT2D eigenvalue weighted by Crippen LogP contribution is 2.22. The van der Waals surface area contributed by atoms with Gasteiger partial charge in [-0.05, 0) is 19.8 Å². The van der Waals surface area contributed by atoms with E-state index in [-0.39, 0.29) is 18.7 Å². The second kappa shape index (κ2) is 6.13. The molecule has 0 amide bonds. The van der Waals surface area contributed by atoms with Gasteiger partial charge in [-0.25, -0.2) is 8.42 Å². The van der Waals surface area contributed by atoms with Crippen molar-refractivity contribution in [2.75, 3.05) is 19.7 Å². The standard InChI is InChI=1S/C11H24N2O3S/c1-4-10-8-16-9(3)7-13(10)17(14,15)11(5-2)6-12/h9-11H,4-8,12H2,1-3H3. The molecule has 1 heterocycles. The molecule has 1 fully saturated rings. The van der Waals surface area contributed by atoms with Crippen LogP contribution in [-0.4, -0.2) is 49.8 Å². The number of rotatable bonds is 5. The summed E-state index contributed by atoms with van der Waals surface area (Å²) >= 11 is 0. The Morgan fingerprint density at radius 3 is 2.59 bits per heavy atom. The van der Waals surface area contributed by atoms with Crippen molar-refractivity contribution >= 4 is 10.0 Å². The summed E-state index contributed by atoms with van der Waals surface area (Å²) in [6.45, 7) is 6.85. The van der Waals surface area contributed by atoms with E-state index in [0.29, 0.717) is 19.6 Å². The van der Waals surface area contributed by atoms with E-state index in [4.69, 9.17) is 10.5 Å². The number of sulfonamides is 1. The summed E-state index contributed by atoms with van der Waals surface area (Å²) in [5.41, 5.74) is 5.56. The molecule has 0 aromatic rings. The zero-order chi connectivity index (χ0) is 13.1. The van der Waals surface area contributed by atoms with Crippen molar-refractivity contribution in [3.05, 3.63) is 0 Å². The third-order valence-corrected chi connectivity index (χ3v) is 5.82. The van der Waals surface area contributed by atoms with Gasteiger partial charge < -0.3 is 10.5 Å². The first-order chi connectivity index (χ1) is 7.97. The van der Waals surface area contributed by atoms with Gasteiger partial charge >= 0.3 is 0 Å². The van der Waals surface area contributed by atoms with Gasteiger partial charge in [-0.1, -0.05) is 13.8 Å². The normalized spacial score (nSPS) is 29.2. The average Bonchev–Trinajstić information content (AvgIpc) is 2.30. The number of hydrogen-bond donors (Lipinski definition) is 1. The van der Waals surface area contributed by atoms with Crippen LogP contribution >= 0.6 is 0 Å². The van der Waals surface area contributed by atoms with E-state index < -0.39 is 15.3 Å². The van der Waals surface area contributed by atoms with Gasteiger partial charge in [-0.3, -0.25) is 0 Å². The number of nitrogens with zero attached hydrogens (tertiary/aromatic N) is 1. The zero-order valence-electron chi connectivity index (χ0n) is 10.9. The zero-order valence-corrected chi connectivity index (χ0v) is 11.7. The Labute approximate surface area is 104 Å². The van der Waals surface area contributed by atoms with Crippen molar-refractivity contribution in [3.63, 3.8) is 0 Å². The number of hydrogen-bond acceptors (Lipinski definition) is 4. The fourth-order valence-corrected chi connectivity index (χ4v) is 4.23. The summed E-state index contributed by atoms with van der Waals surface area (Å²) in [5.74, 6) is 0. The molecule has 0 saturated carbocycles. The van der Waals surface area contributed by atoms with E-state index in [9.17, 15) is 8.42 Å². The van der Waals surface area contributed by atoms with Crippen LogP contribution in [0.25, 0.3) is 0 Å². The molecule has 5 nitrogen and oxygen atoms in total. The Morgan fingerprint density at radius 2 is 2.12 bits per heavy atom. The monoisotopic (exact) mass is 264 g/mol. The first-order valence-corrected chi connectivity index (χ1v) is 7.79. The molecule has 0 aliphatic carbocycles. The van der Waals surface area contributed by atoms with Crippen molar-refractivity contribution in [1.82, 2.24) is 4.31 Å². The lowest BCUT2D eigenvalue weighted by Gasteiger charge is -2.38. The van der Waals surface area contributed by atoms with E-state index in [1.165, 1.54) is 0 Å². The topological polar surface area (TPSA) is 72.6 Å². The van der Waals surface area contributed by atoms with Gasteiger partial charge in [0.2, 0.25) is 10.0 Å². The predicted molar refractivity (Wildman–Crippen MR) is 68.3 cm³/mol. The maximum atomic E-state index is 12.5.